The summed E-state index contributed by atoms with van der Waals surface area (Å²) in [4.78, 5) is 12.5. The van der Waals surface area contributed by atoms with Crippen molar-refractivity contribution in [3.8, 4) is 33.9 Å². The van der Waals surface area contributed by atoms with Gasteiger partial charge in [0.15, 0.2) is 5.69 Å². The minimum atomic E-state index is -0.488. The first kappa shape index (κ1) is 22.2. The second-order valence-electron chi connectivity index (χ2n) is 7.46. The molecule has 7 nitrogen and oxygen atoms in total. The molecule has 3 aromatic carbocycles. The van der Waals surface area contributed by atoms with Gasteiger partial charge in [-0.1, -0.05) is 28.9 Å². The maximum absolute atomic E-state index is 12.5. The van der Waals surface area contributed by atoms with Gasteiger partial charge in [-0.25, -0.2) is 5.43 Å². The highest BCUT2D eigenvalue weighted by atomic mass is 35.5. The molecule has 0 bridgehead atoms. The van der Waals surface area contributed by atoms with Crippen molar-refractivity contribution in [1.82, 2.24) is 10.6 Å². The average molecular weight is 484 g/mol. The number of halogens is 1. The highest BCUT2D eigenvalue weighted by molar-refractivity contribution is 6.30. The summed E-state index contributed by atoms with van der Waals surface area (Å²) < 4.78 is 16.3. The van der Waals surface area contributed by atoms with Crippen LogP contribution in [0, 0.1) is 0 Å². The van der Waals surface area contributed by atoms with Gasteiger partial charge >= 0.3 is 0 Å². The number of hydrogen-bond donors (Lipinski definition) is 1. The van der Waals surface area contributed by atoms with E-state index >= 15 is 0 Å². The molecule has 0 aliphatic carbocycles. The van der Waals surface area contributed by atoms with E-state index in [2.05, 4.69) is 15.7 Å². The third kappa shape index (κ3) is 5.31. The van der Waals surface area contributed by atoms with Crippen molar-refractivity contribution in [2.45, 2.75) is 0 Å². The highest BCUT2D eigenvalue weighted by Gasteiger charge is 2.17. The van der Waals surface area contributed by atoms with Crippen molar-refractivity contribution in [1.29, 1.82) is 0 Å². The van der Waals surface area contributed by atoms with E-state index in [1.807, 2.05) is 60.7 Å². The molecular weight excluding hydrogens is 466 g/mol. The zero-order valence-corrected chi connectivity index (χ0v) is 19.0. The Kier molecular flexibility index (Phi) is 6.41. The number of aromatic nitrogens is 1. The van der Waals surface area contributed by atoms with E-state index in [0.717, 1.165) is 22.5 Å². The van der Waals surface area contributed by atoms with Crippen LogP contribution in [-0.4, -0.2) is 17.3 Å². The SMILES string of the molecule is O=C(NN=Cc1ccc(Oc2ccc(-c3ccco3)cc2)cc1)c1nocc1-c1ccc(Cl)cc1. The van der Waals surface area contributed by atoms with Crippen molar-refractivity contribution in [3.05, 3.63) is 114 Å². The summed E-state index contributed by atoms with van der Waals surface area (Å²) in [6.07, 6.45) is 4.58. The molecule has 1 N–H and O–H groups in total. The Labute approximate surface area is 205 Å². The second-order valence-corrected chi connectivity index (χ2v) is 7.89. The zero-order chi connectivity index (χ0) is 24.0. The van der Waals surface area contributed by atoms with Gasteiger partial charge in [0.2, 0.25) is 0 Å². The lowest BCUT2D eigenvalue weighted by atomic mass is 10.1. The zero-order valence-electron chi connectivity index (χ0n) is 18.2. The average Bonchev–Trinajstić information content (AvgIpc) is 3.59. The molecule has 0 unspecified atom stereocenters. The topological polar surface area (TPSA) is 89.9 Å². The lowest BCUT2D eigenvalue weighted by molar-refractivity contribution is 0.0946. The van der Waals surface area contributed by atoms with Crippen LogP contribution in [0.25, 0.3) is 22.5 Å². The maximum Gasteiger partial charge on any atom is 0.294 e. The number of carbonyl (C=O) groups excluding carboxylic acids is 1. The molecule has 2 heterocycles. The van der Waals surface area contributed by atoms with Gasteiger partial charge in [0.1, 0.15) is 23.5 Å². The molecule has 172 valence electrons. The highest BCUT2D eigenvalue weighted by Crippen LogP contribution is 2.27. The van der Waals surface area contributed by atoms with Crippen molar-refractivity contribution in [2.24, 2.45) is 5.10 Å². The third-order valence-electron chi connectivity index (χ3n) is 5.10. The van der Waals surface area contributed by atoms with E-state index in [1.54, 1.807) is 30.5 Å². The predicted octanol–water partition coefficient (Wildman–Crippen LogP) is 6.81. The lowest BCUT2D eigenvalue weighted by Crippen LogP contribution is -2.18. The largest absolute Gasteiger partial charge is 0.464 e. The maximum atomic E-state index is 12.5. The molecule has 35 heavy (non-hydrogen) atoms. The number of nitrogens with zero attached hydrogens (tertiary/aromatic N) is 2. The summed E-state index contributed by atoms with van der Waals surface area (Å²) in [6.45, 7) is 0. The summed E-state index contributed by atoms with van der Waals surface area (Å²) in [5.41, 5.74) is 5.66. The van der Waals surface area contributed by atoms with Gasteiger partial charge < -0.3 is 13.7 Å². The molecule has 0 aliphatic heterocycles. The van der Waals surface area contributed by atoms with Crippen LogP contribution in [0.1, 0.15) is 16.1 Å². The van der Waals surface area contributed by atoms with Crippen LogP contribution in [0.4, 0.5) is 0 Å². The van der Waals surface area contributed by atoms with E-state index in [0.29, 0.717) is 22.1 Å². The van der Waals surface area contributed by atoms with Crippen LogP contribution < -0.4 is 10.2 Å². The van der Waals surface area contributed by atoms with Gasteiger partial charge in [-0.05, 0) is 83.9 Å². The number of furan rings is 1. The van der Waals surface area contributed by atoms with Gasteiger partial charge in [0, 0.05) is 10.6 Å². The van der Waals surface area contributed by atoms with Gasteiger partial charge in [-0.3, -0.25) is 4.79 Å². The van der Waals surface area contributed by atoms with E-state index < -0.39 is 5.91 Å². The molecular formula is C27H18ClN3O4. The molecule has 0 saturated carbocycles. The Morgan fingerprint density at radius 2 is 1.60 bits per heavy atom. The predicted molar refractivity (Wildman–Crippen MR) is 133 cm³/mol. The fraction of sp³-hybridized carbons (Fsp3) is 0. The Morgan fingerprint density at radius 1 is 0.914 bits per heavy atom. The summed E-state index contributed by atoms with van der Waals surface area (Å²) in [6, 6.07) is 25.7. The van der Waals surface area contributed by atoms with Crippen molar-refractivity contribution in [2.75, 3.05) is 0 Å². The van der Waals surface area contributed by atoms with Gasteiger partial charge in [-0.15, -0.1) is 0 Å². The molecule has 2 aromatic heterocycles. The van der Waals surface area contributed by atoms with Gasteiger partial charge in [0.05, 0.1) is 18.0 Å². The smallest absolute Gasteiger partial charge is 0.294 e. The summed E-state index contributed by atoms with van der Waals surface area (Å²) >= 11 is 5.93. The number of ether oxygens (including phenoxy) is 1. The van der Waals surface area contributed by atoms with E-state index in [4.69, 9.17) is 25.3 Å². The van der Waals surface area contributed by atoms with Crippen LogP contribution in [-0.2, 0) is 0 Å². The molecule has 5 aromatic rings. The molecule has 0 saturated heterocycles. The van der Waals surface area contributed by atoms with Gasteiger partial charge in [-0.2, -0.15) is 5.10 Å². The first-order valence-corrected chi connectivity index (χ1v) is 11.0. The Bertz CT molecular complexity index is 1440. The first-order chi connectivity index (χ1) is 17.2. The fourth-order valence-electron chi connectivity index (χ4n) is 3.34. The van der Waals surface area contributed by atoms with Gasteiger partial charge in [0.25, 0.3) is 5.91 Å². The standard InChI is InChI=1S/C27H18ClN3O4/c28-21-9-5-19(6-10-21)24-17-34-31-26(24)27(32)30-29-16-18-3-11-22(12-4-18)35-23-13-7-20(8-14-23)25-2-1-15-33-25/h1-17H,(H,30,32). The first-order valence-electron chi connectivity index (χ1n) is 10.6. The molecule has 0 atom stereocenters. The molecule has 0 aliphatic rings. The third-order valence-corrected chi connectivity index (χ3v) is 5.35. The minimum Gasteiger partial charge on any atom is -0.464 e. The Hall–Kier alpha value is -4.62. The Morgan fingerprint density at radius 3 is 2.29 bits per heavy atom. The summed E-state index contributed by atoms with van der Waals surface area (Å²) in [5.74, 6) is 1.69. The normalized spacial score (nSPS) is 11.0. The lowest BCUT2D eigenvalue weighted by Gasteiger charge is -2.06. The van der Waals surface area contributed by atoms with Crippen LogP contribution in [0.3, 0.4) is 0 Å². The van der Waals surface area contributed by atoms with Crippen LogP contribution in [0.15, 0.2) is 111 Å². The monoisotopic (exact) mass is 483 g/mol. The van der Waals surface area contributed by atoms with E-state index in [-0.39, 0.29) is 5.69 Å². The number of nitrogens with one attached hydrogen (secondary N) is 1. The van der Waals surface area contributed by atoms with E-state index in [1.165, 1.54) is 12.5 Å². The second kappa shape index (κ2) is 10.1. The number of rotatable bonds is 7. The summed E-state index contributed by atoms with van der Waals surface area (Å²) in [5, 5.41) is 8.41. The van der Waals surface area contributed by atoms with Crippen LogP contribution >= 0.6 is 11.6 Å². The molecule has 0 radical (unpaired) electrons. The fourth-order valence-corrected chi connectivity index (χ4v) is 3.47. The molecule has 0 spiro atoms. The minimum absolute atomic E-state index is 0.131. The molecule has 5 rings (SSSR count). The number of hydrazone groups is 1. The molecule has 8 heteroatoms. The van der Waals surface area contributed by atoms with Crippen molar-refractivity contribution in [3.63, 3.8) is 0 Å². The molecule has 0 fully saturated rings. The Balaban J connectivity index is 1.18. The summed E-state index contributed by atoms with van der Waals surface area (Å²) in [7, 11) is 0. The van der Waals surface area contributed by atoms with E-state index in [9.17, 15) is 4.79 Å². The number of carbonyl (C=O) groups is 1. The number of amides is 1. The van der Waals surface area contributed by atoms with Crippen molar-refractivity contribution < 1.29 is 18.5 Å². The number of benzene rings is 3. The number of hydrogen-bond acceptors (Lipinski definition) is 6. The van der Waals surface area contributed by atoms with Crippen LogP contribution in [0.5, 0.6) is 11.5 Å². The van der Waals surface area contributed by atoms with Crippen LogP contribution in [0.2, 0.25) is 5.02 Å². The van der Waals surface area contributed by atoms with Crippen molar-refractivity contribution >= 4 is 23.7 Å². The molecule has 1 amide bonds. The quantitative estimate of drug-likeness (QED) is 0.203.